The number of methoxy groups -OCH3 is 1. The molecule has 5 atom stereocenters. The molecule has 2 aliphatic carbocycles. The van der Waals surface area contributed by atoms with E-state index in [4.69, 9.17) is 9.47 Å². The van der Waals surface area contributed by atoms with Crippen LogP contribution in [0.2, 0.25) is 0 Å². The highest BCUT2D eigenvalue weighted by atomic mass is 16.6. The number of quaternary nitrogens is 1. The Kier molecular flexibility index (Phi) is 5.49. The number of rotatable bonds is 4. The Hall–Kier alpha value is -2.01. The monoisotopic (exact) mass is 425 g/mol. The summed E-state index contributed by atoms with van der Waals surface area (Å²) in [4.78, 5) is 16.8. The van der Waals surface area contributed by atoms with E-state index < -0.39 is 0 Å². The molecule has 5 nitrogen and oxygen atoms in total. The van der Waals surface area contributed by atoms with Crippen LogP contribution in [0, 0.1) is 23.2 Å². The Morgan fingerprint density at radius 1 is 1.29 bits per heavy atom. The van der Waals surface area contributed by atoms with E-state index in [1.54, 1.807) is 7.11 Å². The van der Waals surface area contributed by atoms with E-state index in [0.29, 0.717) is 11.8 Å². The predicted molar refractivity (Wildman–Crippen MR) is 121 cm³/mol. The van der Waals surface area contributed by atoms with Gasteiger partial charge in [0.1, 0.15) is 17.8 Å². The molecule has 2 aliphatic heterocycles. The highest BCUT2D eigenvalue weighted by molar-refractivity contribution is 5.75. The molecule has 0 amide bonds. The Balaban J connectivity index is 1.23. The Labute approximate surface area is 186 Å². The first-order valence-electron chi connectivity index (χ1n) is 12.1. The van der Waals surface area contributed by atoms with E-state index >= 15 is 0 Å². The number of hydrogen-bond acceptors (Lipinski definition) is 4. The fourth-order valence-corrected chi connectivity index (χ4v) is 6.96. The number of esters is 1. The maximum atomic E-state index is 12.9. The molecular weight excluding hydrogens is 388 g/mol. The number of carbonyl (C=O) groups excluding carboxylic acids is 1. The van der Waals surface area contributed by atoms with Gasteiger partial charge in [-0.15, -0.1) is 0 Å². The number of hydrogen-bond donors (Lipinski definition) is 1. The number of benzene rings is 1. The van der Waals surface area contributed by atoms with Crippen LogP contribution in [0.3, 0.4) is 0 Å². The van der Waals surface area contributed by atoms with Gasteiger partial charge in [0.2, 0.25) is 0 Å². The summed E-state index contributed by atoms with van der Waals surface area (Å²) in [6.07, 6.45) is 5.89. The van der Waals surface area contributed by atoms with Gasteiger partial charge in [0.15, 0.2) is 0 Å². The standard InChI is InChI=1S/C26H36N2O3/c1-18-7-6-10-26(2)16-24-19(15-21(18)26)20(25(29)31-24)17-27-11-13-28(14-12-27)22-8-4-5-9-23(22)30-3/h4-5,8-9,19-21,24H,1,6-7,10-17H2,2-3H3/p+1/t19-,20-,21+,24+,26-/m0/s1. The summed E-state index contributed by atoms with van der Waals surface area (Å²) in [5, 5.41) is 0. The second-order valence-corrected chi connectivity index (χ2v) is 10.5. The zero-order valence-electron chi connectivity index (χ0n) is 19.1. The van der Waals surface area contributed by atoms with Crippen LogP contribution in [0.25, 0.3) is 0 Å². The Bertz CT molecular complexity index is 847. The molecule has 0 spiro atoms. The number of nitrogens with one attached hydrogen (secondary N) is 1. The van der Waals surface area contributed by atoms with Gasteiger partial charge < -0.3 is 19.3 Å². The van der Waals surface area contributed by atoms with Crippen LogP contribution < -0.4 is 14.5 Å². The number of allylic oxidation sites excluding steroid dienone is 1. The molecule has 168 valence electrons. The van der Waals surface area contributed by atoms with E-state index in [2.05, 4.69) is 30.5 Å². The van der Waals surface area contributed by atoms with E-state index in [1.165, 1.54) is 29.0 Å². The SMILES string of the molecule is C=C1CCC[C@@]2(C)C[C@H]3OC(=O)[C@@H](C[NH+]4CCN(c5ccccc5OC)CC4)[C@@H]3C[C@H]12. The highest BCUT2D eigenvalue weighted by Crippen LogP contribution is 2.56. The van der Waals surface area contributed by atoms with Crippen molar-refractivity contribution in [1.82, 2.24) is 0 Å². The second kappa shape index (κ2) is 8.16. The van der Waals surface area contributed by atoms with Gasteiger partial charge in [-0.25, -0.2) is 0 Å². The van der Waals surface area contributed by atoms with E-state index in [9.17, 15) is 4.79 Å². The molecule has 0 aromatic heterocycles. The number of para-hydroxylation sites is 2. The molecule has 4 aliphatic rings. The molecule has 2 heterocycles. The van der Waals surface area contributed by atoms with Crippen LogP contribution in [0.5, 0.6) is 5.75 Å². The van der Waals surface area contributed by atoms with Crippen molar-refractivity contribution < 1.29 is 19.2 Å². The lowest BCUT2D eigenvalue weighted by Crippen LogP contribution is -3.15. The summed E-state index contributed by atoms with van der Waals surface area (Å²) < 4.78 is 11.5. The van der Waals surface area contributed by atoms with Crippen LogP contribution >= 0.6 is 0 Å². The first kappa shape index (κ1) is 20.9. The van der Waals surface area contributed by atoms with Gasteiger partial charge in [-0.3, -0.25) is 4.79 Å². The molecule has 0 unspecified atom stereocenters. The van der Waals surface area contributed by atoms with Crippen molar-refractivity contribution in [3.05, 3.63) is 36.4 Å². The molecule has 31 heavy (non-hydrogen) atoms. The average Bonchev–Trinajstić information content (AvgIpc) is 3.06. The van der Waals surface area contributed by atoms with Crippen molar-refractivity contribution in [3.63, 3.8) is 0 Å². The summed E-state index contributed by atoms with van der Waals surface area (Å²) in [6.45, 7) is 11.8. The molecule has 0 bridgehead atoms. The van der Waals surface area contributed by atoms with Crippen LogP contribution in [-0.2, 0) is 9.53 Å². The lowest BCUT2D eigenvalue weighted by Gasteiger charge is -2.50. The Morgan fingerprint density at radius 3 is 2.84 bits per heavy atom. The third-order valence-corrected chi connectivity index (χ3v) is 8.72. The van der Waals surface area contributed by atoms with Gasteiger partial charge in [0.25, 0.3) is 0 Å². The Morgan fingerprint density at radius 2 is 2.06 bits per heavy atom. The summed E-state index contributed by atoms with van der Waals surface area (Å²) in [5.74, 6) is 1.99. The van der Waals surface area contributed by atoms with Gasteiger partial charge >= 0.3 is 5.97 Å². The molecule has 4 fully saturated rings. The maximum Gasteiger partial charge on any atom is 0.315 e. The molecule has 2 saturated heterocycles. The van der Waals surface area contributed by atoms with Crippen LogP contribution in [0.1, 0.15) is 39.0 Å². The lowest BCUT2D eigenvalue weighted by molar-refractivity contribution is -0.903. The quantitative estimate of drug-likeness (QED) is 0.595. The van der Waals surface area contributed by atoms with Crippen molar-refractivity contribution in [3.8, 4) is 5.75 Å². The predicted octanol–water partition coefficient (Wildman–Crippen LogP) is 2.71. The summed E-state index contributed by atoms with van der Waals surface area (Å²) in [7, 11) is 1.73. The molecule has 2 saturated carbocycles. The smallest absolute Gasteiger partial charge is 0.315 e. The number of nitrogens with zero attached hydrogens (tertiary/aromatic N) is 1. The fourth-order valence-electron chi connectivity index (χ4n) is 6.96. The van der Waals surface area contributed by atoms with E-state index in [1.807, 2.05) is 12.1 Å². The van der Waals surface area contributed by atoms with Crippen molar-refractivity contribution in [2.24, 2.45) is 23.2 Å². The minimum Gasteiger partial charge on any atom is -0.495 e. The van der Waals surface area contributed by atoms with Gasteiger partial charge in [-0.2, -0.15) is 0 Å². The molecule has 5 rings (SSSR count). The third-order valence-electron chi connectivity index (χ3n) is 8.72. The molecule has 0 radical (unpaired) electrons. The van der Waals surface area contributed by atoms with Crippen LogP contribution in [0.15, 0.2) is 36.4 Å². The molecule has 1 aromatic carbocycles. The maximum absolute atomic E-state index is 12.9. The topological polar surface area (TPSA) is 43.2 Å². The van der Waals surface area contributed by atoms with Crippen molar-refractivity contribution >= 4 is 11.7 Å². The lowest BCUT2D eigenvalue weighted by atomic mass is 9.55. The molecule has 1 N–H and O–H groups in total. The fraction of sp³-hybridized carbons (Fsp3) is 0.654. The first-order valence-corrected chi connectivity index (χ1v) is 12.1. The minimum absolute atomic E-state index is 0.0529. The van der Waals surface area contributed by atoms with E-state index in [0.717, 1.165) is 57.7 Å². The van der Waals surface area contributed by atoms with Gasteiger partial charge in [-0.1, -0.05) is 31.2 Å². The van der Waals surface area contributed by atoms with Crippen molar-refractivity contribution in [2.45, 2.75) is 45.1 Å². The summed E-state index contributed by atoms with van der Waals surface area (Å²) >= 11 is 0. The van der Waals surface area contributed by atoms with Gasteiger partial charge in [-0.05, 0) is 55.6 Å². The van der Waals surface area contributed by atoms with Crippen molar-refractivity contribution in [1.29, 1.82) is 0 Å². The first-order chi connectivity index (χ1) is 15.0. The number of fused-ring (bicyclic) bond motifs is 2. The summed E-state index contributed by atoms with van der Waals surface area (Å²) in [5.41, 5.74) is 2.87. The van der Waals surface area contributed by atoms with Gasteiger partial charge in [0, 0.05) is 5.92 Å². The third kappa shape index (κ3) is 3.75. The highest BCUT2D eigenvalue weighted by Gasteiger charge is 2.56. The minimum atomic E-state index is 0.0529. The number of ether oxygens (including phenoxy) is 2. The van der Waals surface area contributed by atoms with Crippen molar-refractivity contribution in [2.75, 3.05) is 44.7 Å². The number of piperazine rings is 1. The van der Waals surface area contributed by atoms with Gasteiger partial charge in [0.05, 0.1) is 45.5 Å². The zero-order valence-corrected chi connectivity index (χ0v) is 19.1. The molecule has 1 aromatic rings. The zero-order chi connectivity index (χ0) is 21.6. The largest absolute Gasteiger partial charge is 0.495 e. The van der Waals surface area contributed by atoms with Crippen LogP contribution in [-0.4, -0.2) is 51.9 Å². The average molecular weight is 426 g/mol. The van der Waals surface area contributed by atoms with Crippen LogP contribution in [0.4, 0.5) is 5.69 Å². The number of anilines is 1. The molecular formula is C26H37N2O3+. The van der Waals surface area contributed by atoms with E-state index in [-0.39, 0.29) is 23.4 Å². The number of carbonyl (C=O) groups is 1. The molecule has 5 heteroatoms. The normalized spacial score (nSPS) is 36.0. The summed E-state index contributed by atoms with van der Waals surface area (Å²) in [6, 6.07) is 8.25. The second-order valence-electron chi connectivity index (χ2n) is 10.5.